The van der Waals surface area contributed by atoms with Crippen molar-refractivity contribution in [2.24, 2.45) is 0 Å². The van der Waals surface area contributed by atoms with Crippen LogP contribution in [0.25, 0.3) is 10.9 Å². The van der Waals surface area contributed by atoms with Crippen LogP contribution in [-0.4, -0.2) is 4.98 Å². The fraction of sp³-hybridized carbons (Fsp3) is 0.174. The third kappa shape index (κ3) is 3.61. The van der Waals surface area contributed by atoms with E-state index in [9.17, 15) is 0 Å². The van der Waals surface area contributed by atoms with Gasteiger partial charge in [-0.3, -0.25) is 0 Å². The third-order valence-electron chi connectivity index (χ3n) is 5.12. The first-order chi connectivity index (χ1) is 13.1. The number of benzene rings is 2. The maximum absolute atomic E-state index is 6.53. The molecule has 0 spiro atoms. The Labute approximate surface area is 164 Å². The van der Waals surface area contributed by atoms with Crippen LogP contribution in [0.15, 0.2) is 71.3 Å². The van der Waals surface area contributed by atoms with Crippen LogP contribution in [0.2, 0.25) is 5.15 Å². The number of nitrogens with zero attached hydrogens (tertiary/aromatic N) is 1. The highest BCUT2D eigenvalue weighted by Gasteiger charge is 2.21. The van der Waals surface area contributed by atoms with Gasteiger partial charge in [-0.2, -0.15) is 0 Å². The quantitative estimate of drug-likeness (QED) is 0.500. The van der Waals surface area contributed by atoms with Gasteiger partial charge in [0.25, 0.3) is 0 Å². The van der Waals surface area contributed by atoms with Crippen LogP contribution in [-0.2, 0) is 6.54 Å². The molecule has 2 N–H and O–H groups in total. The molecule has 2 heterocycles. The first-order valence-corrected chi connectivity index (χ1v) is 9.48. The number of aryl methyl sites for hydroxylation is 2. The van der Waals surface area contributed by atoms with Crippen LogP contribution in [0.1, 0.15) is 34.1 Å². The average molecular weight is 378 g/mol. The van der Waals surface area contributed by atoms with Crippen molar-refractivity contribution in [3.8, 4) is 0 Å². The Balaban J connectivity index is 1.65. The Kier molecular flexibility index (Phi) is 4.97. The maximum Gasteiger partial charge on any atom is 0.170 e. The van der Waals surface area contributed by atoms with Gasteiger partial charge >= 0.3 is 0 Å². The molecule has 4 heteroatoms. The zero-order valence-corrected chi connectivity index (χ0v) is 16.2. The van der Waals surface area contributed by atoms with Gasteiger partial charge in [-0.05, 0) is 43.2 Å². The minimum atomic E-state index is 0.0766. The zero-order valence-electron chi connectivity index (χ0n) is 15.4. The van der Waals surface area contributed by atoms with Crippen molar-refractivity contribution in [1.29, 1.82) is 0 Å². The number of hydrogen-bond acceptors (Lipinski definition) is 2. The summed E-state index contributed by atoms with van der Waals surface area (Å²) >= 11 is 6.53. The van der Waals surface area contributed by atoms with Crippen molar-refractivity contribution >= 4 is 22.5 Å². The SMILES string of the molecule is Cc1ccc2cc(C[NH2+][C@H](c3ccccc3)c3ccco3)c(Cl)nc2c1C. The Bertz CT molecular complexity index is 1060. The van der Waals surface area contributed by atoms with E-state index >= 15 is 0 Å². The normalized spacial score (nSPS) is 12.4. The summed E-state index contributed by atoms with van der Waals surface area (Å²) in [6.45, 7) is 4.91. The molecule has 0 aliphatic carbocycles. The van der Waals surface area contributed by atoms with Crippen LogP contribution >= 0.6 is 11.6 Å². The summed E-state index contributed by atoms with van der Waals surface area (Å²) in [6, 6.07) is 20.8. The first-order valence-electron chi connectivity index (χ1n) is 9.10. The summed E-state index contributed by atoms with van der Waals surface area (Å²) < 4.78 is 5.69. The summed E-state index contributed by atoms with van der Waals surface area (Å²) in [5, 5.41) is 3.93. The van der Waals surface area contributed by atoms with Crippen LogP contribution in [0.5, 0.6) is 0 Å². The van der Waals surface area contributed by atoms with Crippen LogP contribution in [0.3, 0.4) is 0 Å². The van der Waals surface area contributed by atoms with Gasteiger partial charge in [-0.1, -0.05) is 54.1 Å². The number of aromatic nitrogens is 1. The smallest absolute Gasteiger partial charge is 0.170 e. The predicted octanol–water partition coefficient (Wildman–Crippen LogP) is 4.95. The first kappa shape index (κ1) is 17.8. The molecule has 2 aromatic heterocycles. The molecular weight excluding hydrogens is 356 g/mol. The van der Waals surface area contributed by atoms with Crippen molar-refractivity contribution in [3.63, 3.8) is 0 Å². The van der Waals surface area contributed by atoms with Crippen molar-refractivity contribution in [1.82, 2.24) is 4.98 Å². The van der Waals surface area contributed by atoms with Gasteiger partial charge in [0.05, 0.1) is 11.8 Å². The molecule has 0 saturated heterocycles. The molecule has 0 bridgehead atoms. The molecule has 3 nitrogen and oxygen atoms in total. The molecule has 1 atom stereocenters. The van der Waals surface area contributed by atoms with Crippen molar-refractivity contribution < 1.29 is 9.73 Å². The second kappa shape index (κ2) is 7.55. The van der Waals surface area contributed by atoms with E-state index in [0.29, 0.717) is 5.15 Å². The number of pyridine rings is 1. The van der Waals surface area contributed by atoms with E-state index < -0.39 is 0 Å². The van der Waals surface area contributed by atoms with Gasteiger partial charge in [0.15, 0.2) is 11.8 Å². The molecule has 0 fully saturated rings. The molecular formula is C23H22ClN2O+. The Morgan fingerprint density at radius 3 is 2.59 bits per heavy atom. The van der Waals surface area contributed by atoms with E-state index in [1.165, 1.54) is 16.7 Å². The van der Waals surface area contributed by atoms with Gasteiger partial charge < -0.3 is 9.73 Å². The number of rotatable bonds is 5. The monoisotopic (exact) mass is 377 g/mol. The number of nitrogens with two attached hydrogens (primary N) is 1. The standard InChI is InChI=1S/C23H21ClN2O/c1-15-10-11-18-13-19(23(24)26-21(18)16(15)2)14-25-22(20-9-6-12-27-20)17-7-4-3-5-8-17/h3-13,22,25H,14H2,1-2H3/p+1/t22-/m1/s1. The highest BCUT2D eigenvalue weighted by Crippen LogP contribution is 2.25. The van der Waals surface area contributed by atoms with E-state index in [1.807, 2.05) is 18.2 Å². The molecule has 0 radical (unpaired) electrons. The minimum absolute atomic E-state index is 0.0766. The Morgan fingerprint density at radius 1 is 1.04 bits per heavy atom. The van der Waals surface area contributed by atoms with Crippen LogP contribution < -0.4 is 5.32 Å². The number of halogens is 1. The lowest BCUT2D eigenvalue weighted by atomic mass is 10.0. The summed E-state index contributed by atoms with van der Waals surface area (Å²) in [6.07, 6.45) is 1.72. The number of fused-ring (bicyclic) bond motifs is 1. The molecule has 27 heavy (non-hydrogen) atoms. The molecule has 2 aromatic carbocycles. The lowest BCUT2D eigenvalue weighted by molar-refractivity contribution is -0.704. The topological polar surface area (TPSA) is 42.6 Å². The predicted molar refractivity (Wildman–Crippen MR) is 109 cm³/mol. The second-order valence-electron chi connectivity index (χ2n) is 6.86. The van der Waals surface area contributed by atoms with Crippen LogP contribution in [0, 0.1) is 13.8 Å². The fourth-order valence-corrected chi connectivity index (χ4v) is 3.65. The molecule has 0 saturated carbocycles. The van der Waals surface area contributed by atoms with Gasteiger partial charge in [-0.25, -0.2) is 4.98 Å². The van der Waals surface area contributed by atoms with Crippen LogP contribution in [0.4, 0.5) is 0 Å². The van der Waals surface area contributed by atoms with Gasteiger partial charge in [-0.15, -0.1) is 0 Å². The maximum atomic E-state index is 6.53. The molecule has 0 aliphatic rings. The van der Waals surface area contributed by atoms with E-state index in [4.69, 9.17) is 16.0 Å². The fourth-order valence-electron chi connectivity index (χ4n) is 3.44. The molecule has 0 aliphatic heterocycles. The van der Waals surface area contributed by atoms with Crippen molar-refractivity contribution in [2.45, 2.75) is 26.4 Å². The number of hydrogen-bond donors (Lipinski definition) is 1. The molecule has 0 amide bonds. The molecule has 136 valence electrons. The highest BCUT2D eigenvalue weighted by molar-refractivity contribution is 6.30. The van der Waals surface area contributed by atoms with E-state index in [0.717, 1.165) is 28.8 Å². The van der Waals surface area contributed by atoms with E-state index in [1.54, 1.807) is 6.26 Å². The summed E-state index contributed by atoms with van der Waals surface area (Å²) in [4.78, 5) is 4.67. The average Bonchev–Trinajstić information content (AvgIpc) is 3.21. The Morgan fingerprint density at radius 2 is 1.85 bits per heavy atom. The lowest BCUT2D eigenvalue weighted by Gasteiger charge is -2.15. The largest absolute Gasteiger partial charge is 0.463 e. The van der Waals surface area contributed by atoms with Gasteiger partial charge in [0.1, 0.15) is 11.7 Å². The van der Waals surface area contributed by atoms with Gasteiger partial charge in [0, 0.05) is 16.5 Å². The molecule has 0 unspecified atom stereocenters. The third-order valence-corrected chi connectivity index (χ3v) is 5.45. The summed E-state index contributed by atoms with van der Waals surface area (Å²) in [5.41, 5.74) is 5.62. The van der Waals surface area contributed by atoms with Gasteiger partial charge in [0.2, 0.25) is 0 Å². The van der Waals surface area contributed by atoms with Crippen molar-refractivity contribution in [3.05, 3.63) is 100 Å². The highest BCUT2D eigenvalue weighted by atomic mass is 35.5. The van der Waals surface area contributed by atoms with E-state index in [2.05, 4.69) is 66.6 Å². The van der Waals surface area contributed by atoms with Crippen molar-refractivity contribution in [2.75, 3.05) is 0 Å². The molecule has 4 aromatic rings. The minimum Gasteiger partial charge on any atom is -0.463 e. The summed E-state index contributed by atoms with van der Waals surface area (Å²) in [7, 11) is 0. The number of quaternary nitrogens is 1. The number of furan rings is 1. The second-order valence-corrected chi connectivity index (χ2v) is 7.22. The molecule has 4 rings (SSSR count). The van der Waals surface area contributed by atoms with E-state index in [-0.39, 0.29) is 6.04 Å². The summed E-state index contributed by atoms with van der Waals surface area (Å²) in [5.74, 6) is 0.928. The lowest BCUT2D eigenvalue weighted by Crippen LogP contribution is -2.83. The zero-order chi connectivity index (χ0) is 18.8. The Hall–Kier alpha value is -2.62.